The molecule has 0 saturated carbocycles. The van der Waals surface area contributed by atoms with Crippen LogP contribution in [0.2, 0.25) is 0 Å². The molecule has 6 heteroatoms. The summed E-state index contributed by atoms with van der Waals surface area (Å²) in [6.45, 7) is 1.55. The molecule has 0 aromatic heterocycles. The number of methoxy groups -OCH3 is 1. The van der Waals surface area contributed by atoms with Gasteiger partial charge in [0.2, 0.25) is 5.91 Å². The van der Waals surface area contributed by atoms with Gasteiger partial charge in [0.15, 0.2) is 0 Å². The molecular weight excluding hydrogens is 234 g/mol. The van der Waals surface area contributed by atoms with E-state index in [1.165, 1.54) is 13.2 Å². The fraction of sp³-hybridized carbons (Fsp3) is 0.167. The van der Waals surface area contributed by atoms with Gasteiger partial charge in [0.1, 0.15) is 0 Å². The van der Waals surface area contributed by atoms with Crippen molar-refractivity contribution in [1.82, 2.24) is 0 Å². The molecule has 0 aliphatic rings. The third-order valence-corrected chi connectivity index (χ3v) is 1.85. The third-order valence-electron chi connectivity index (χ3n) is 1.85. The zero-order valence-electron chi connectivity index (χ0n) is 10.1. The Morgan fingerprint density at radius 1 is 1.22 bits per heavy atom. The number of nitrogens with one attached hydrogen (secondary N) is 1. The van der Waals surface area contributed by atoms with E-state index in [0.29, 0.717) is 11.4 Å². The minimum Gasteiger partial charge on any atom is -0.450 e. The monoisotopic (exact) mass is 247 g/mol. The number of hydrogen-bond acceptors (Lipinski definition) is 4. The second-order valence-electron chi connectivity index (χ2n) is 3.31. The fourth-order valence-electron chi connectivity index (χ4n) is 1.08. The van der Waals surface area contributed by atoms with Crippen LogP contribution in [0.15, 0.2) is 52.3 Å². The van der Waals surface area contributed by atoms with Crippen molar-refractivity contribution in [2.45, 2.75) is 6.92 Å². The van der Waals surface area contributed by atoms with Crippen molar-refractivity contribution in [1.29, 1.82) is 0 Å². The van der Waals surface area contributed by atoms with Crippen LogP contribution in [0, 0.1) is 0 Å². The van der Waals surface area contributed by atoms with Gasteiger partial charge < -0.3 is 10.1 Å². The molecule has 1 N–H and O–H groups in total. The summed E-state index contributed by atoms with van der Waals surface area (Å²) in [5, 5.41) is 9.39. The summed E-state index contributed by atoms with van der Waals surface area (Å²) in [6, 6.07) is 8.99. The number of anilines is 1. The molecule has 0 unspecified atom stereocenters. The van der Waals surface area contributed by atoms with Gasteiger partial charge in [-0.15, -0.1) is 5.11 Å². The van der Waals surface area contributed by atoms with Gasteiger partial charge >= 0.3 is 6.09 Å². The predicted octanol–water partition coefficient (Wildman–Crippen LogP) is 2.75. The molecule has 6 nitrogen and oxygen atoms in total. The fourth-order valence-corrected chi connectivity index (χ4v) is 1.08. The Morgan fingerprint density at radius 2 is 1.89 bits per heavy atom. The lowest BCUT2D eigenvalue weighted by atomic mass is 10.3. The number of benzene rings is 1. The van der Waals surface area contributed by atoms with Crippen LogP contribution in [-0.2, 0) is 9.53 Å². The van der Waals surface area contributed by atoms with Crippen molar-refractivity contribution in [3.63, 3.8) is 0 Å². The molecule has 1 aromatic rings. The normalized spacial score (nSPS) is 11.3. The highest BCUT2D eigenvalue weighted by molar-refractivity contribution is 5.99. The van der Waals surface area contributed by atoms with Gasteiger partial charge in [-0.2, -0.15) is 0 Å². The molecule has 0 bridgehead atoms. The first-order valence-corrected chi connectivity index (χ1v) is 5.16. The molecule has 0 aliphatic carbocycles. The molecule has 0 radical (unpaired) electrons. The zero-order chi connectivity index (χ0) is 13.4. The molecule has 0 heterocycles. The predicted molar refractivity (Wildman–Crippen MR) is 66.1 cm³/mol. The Kier molecular flexibility index (Phi) is 5.24. The van der Waals surface area contributed by atoms with Crippen LogP contribution in [0.25, 0.3) is 0 Å². The highest BCUT2D eigenvalue weighted by Gasteiger charge is 1.99. The highest BCUT2D eigenvalue weighted by Crippen LogP contribution is 2.05. The SMILES string of the molecule is COC(=O)N=N/C(C)=C\C(=O)Nc1ccccc1. The van der Waals surface area contributed by atoms with Crippen LogP contribution in [0.4, 0.5) is 10.5 Å². The Balaban J connectivity index is 2.58. The second-order valence-corrected chi connectivity index (χ2v) is 3.31. The third kappa shape index (κ3) is 5.02. The van der Waals surface area contributed by atoms with Gasteiger partial charge in [-0.05, 0) is 19.1 Å². The molecule has 1 rings (SSSR count). The summed E-state index contributed by atoms with van der Waals surface area (Å²) in [4.78, 5) is 22.2. The summed E-state index contributed by atoms with van der Waals surface area (Å²) >= 11 is 0. The van der Waals surface area contributed by atoms with Crippen LogP contribution in [0.5, 0.6) is 0 Å². The Hall–Kier alpha value is -2.50. The number of amides is 2. The number of ether oxygens (including phenoxy) is 1. The van der Waals surface area contributed by atoms with Gasteiger partial charge in [-0.3, -0.25) is 4.79 Å². The smallest absolute Gasteiger partial charge is 0.450 e. The van der Waals surface area contributed by atoms with E-state index in [4.69, 9.17) is 0 Å². The largest absolute Gasteiger partial charge is 0.452 e. The number of azo groups is 1. The molecule has 0 fully saturated rings. The minimum atomic E-state index is -0.814. The Morgan fingerprint density at radius 3 is 2.50 bits per heavy atom. The van der Waals surface area contributed by atoms with Crippen molar-refractivity contribution in [3.05, 3.63) is 42.1 Å². The quantitative estimate of drug-likeness (QED) is 0.658. The lowest BCUT2D eigenvalue weighted by Gasteiger charge is -2.00. The topological polar surface area (TPSA) is 80.1 Å². The first kappa shape index (κ1) is 13.6. The molecule has 2 amide bonds. The number of nitrogens with zero attached hydrogens (tertiary/aromatic N) is 2. The van der Waals surface area contributed by atoms with Crippen molar-refractivity contribution in [2.75, 3.05) is 12.4 Å². The van der Waals surface area contributed by atoms with Crippen LogP contribution in [0.1, 0.15) is 6.92 Å². The zero-order valence-corrected chi connectivity index (χ0v) is 10.1. The van der Waals surface area contributed by atoms with E-state index in [1.807, 2.05) is 18.2 Å². The van der Waals surface area contributed by atoms with E-state index >= 15 is 0 Å². The lowest BCUT2D eigenvalue weighted by Crippen LogP contribution is -2.08. The van der Waals surface area contributed by atoms with Gasteiger partial charge in [-0.25, -0.2) is 4.79 Å². The van der Waals surface area contributed by atoms with E-state index in [1.54, 1.807) is 19.1 Å². The van der Waals surface area contributed by atoms with Crippen LogP contribution < -0.4 is 5.32 Å². The number of rotatable bonds is 3. The van der Waals surface area contributed by atoms with Crippen molar-refractivity contribution in [2.24, 2.45) is 10.2 Å². The molecule has 1 aromatic carbocycles. The first-order chi connectivity index (χ1) is 8.61. The van der Waals surface area contributed by atoms with Crippen LogP contribution >= 0.6 is 0 Å². The van der Waals surface area contributed by atoms with E-state index in [9.17, 15) is 9.59 Å². The lowest BCUT2D eigenvalue weighted by molar-refractivity contribution is -0.112. The van der Waals surface area contributed by atoms with Crippen LogP contribution in [0.3, 0.4) is 0 Å². The minimum absolute atomic E-state index is 0.300. The summed E-state index contributed by atoms with van der Waals surface area (Å²) in [5.74, 6) is -0.345. The average molecular weight is 247 g/mol. The van der Waals surface area contributed by atoms with Gasteiger partial charge in [0.05, 0.1) is 12.8 Å². The molecule has 0 atom stereocenters. The molecule has 94 valence electrons. The van der Waals surface area contributed by atoms with E-state index in [0.717, 1.165) is 0 Å². The maximum Gasteiger partial charge on any atom is 0.452 e. The molecule has 18 heavy (non-hydrogen) atoms. The average Bonchev–Trinajstić information content (AvgIpc) is 2.37. The summed E-state index contributed by atoms with van der Waals surface area (Å²) < 4.78 is 4.27. The highest BCUT2D eigenvalue weighted by atomic mass is 16.5. The maximum absolute atomic E-state index is 11.5. The molecule has 0 spiro atoms. The summed E-state index contributed by atoms with van der Waals surface area (Å²) in [7, 11) is 1.20. The van der Waals surface area contributed by atoms with Crippen molar-refractivity contribution >= 4 is 17.7 Å². The number of hydrogen-bond donors (Lipinski definition) is 1. The maximum atomic E-state index is 11.5. The van der Waals surface area contributed by atoms with Gasteiger partial charge in [0, 0.05) is 11.8 Å². The van der Waals surface area contributed by atoms with E-state index < -0.39 is 6.09 Å². The van der Waals surface area contributed by atoms with Gasteiger partial charge in [0.25, 0.3) is 0 Å². The van der Waals surface area contributed by atoms with Crippen LogP contribution in [-0.4, -0.2) is 19.1 Å². The standard InChI is InChI=1S/C12H13N3O3/c1-9(14-15-12(17)18-2)8-11(16)13-10-6-4-3-5-7-10/h3-8H,1-2H3,(H,13,16)/b9-8-,15-14?. The number of para-hydroxylation sites is 1. The van der Waals surface area contributed by atoms with Crippen molar-refractivity contribution < 1.29 is 14.3 Å². The van der Waals surface area contributed by atoms with Gasteiger partial charge in [-0.1, -0.05) is 23.3 Å². The number of carbonyl (C=O) groups excluding carboxylic acids is 2. The Labute approximate surface area is 104 Å². The molecule has 0 aliphatic heterocycles. The van der Waals surface area contributed by atoms with E-state index in [2.05, 4.69) is 20.3 Å². The second kappa shape index (κ2) is 6.95. The number of allylic oxidation sites excluding steroid dienone is 1. The molecule has 0 saturated heterocycles. The summed E-state index contributed by atoms with van der Waals surface area (Å²) in [6.07, 6.45) is 0.422. The Bertz CT molecular complexity index is 481. The van der Waals surface area contributed by atoms with Crippen molar-refractivity contribution in [3.8, 4) is 0 Å². The molecular formula is C12H13N3O3. The first-order valence-electron chi connectivity index (χ1n) is 5.16. The van der Waals surface area contributed by atoms with E-state index in [-0.39, 0.29) is 5.91 Å². The summed E-state index contributed by atoms with van der Waals surface area (Å²) in [5.41, 5.74) is 0.977. The number of carbonyl (C=O) groups is 2.